The van der Waals surface area contributed by atoms with Crippen LogP contribution in [0.3, 0.4) is 0 Å². The molecule has 0 bridgehead atoms. The SMILES string of the molecule is O=[N+]([O-])c1cccc(-c2cc3nc4ccccc4nc3s2)c1. The van der Waals surface area contributed by atoms with Crippen LogP contribution in [0.2, 0.25) is 0 Å². The minimum absolute atomic E-state index is 0.0843. The molecule has 0 aliphatic rings. The molecular formula is C16H9N3O2S. The molecule has 0 saturated carbocycles. The van der Waals surface area contributed by atoms with Gasteiger partial charge in [0.2, 0.25) is 0 Å². The minimum atomic E-state index is -0.387. The molecule has 0 unspecified atom stereocenters. The second kappa shape index (κ2) is 4.85. The van der Waals surface area contributed by atoms with E-state index in [1.165, 1.54) is 17.4 Å². The van der Waals surface area contributed by atoms with Gasteiger partial charge in [0.25, 0.3) is 5.69 Å². The van der Waals surface area contributed by atoms with E-state index in [2.05, 4.69) is 9.97 Å². The fraction of sp³-hybridized carbons (Fsp3) is 0. The number of aromatic nitrogens is 2. The number of fused-ring (bicyclic) bond motifs is 2. The highest BCUT2D eigenvalue weighted by atomic mass is 32.1. The number of hydrogen-bond acceptors (Lipinski definition) is 5. The van der Waals surface area contributed by atoms with Crippen LogP contribution in [0.1, 0.15) is 0 Å². The molecule has 2 heterocycles. The normalized spacial score (nSPS) is 11.1. The number of nitrogens with zero attached hydrogens (tertiary/aromatic N) is 3. The summed E-state index contributed by atoms with van der Waals surface area (Å²) in [6, 6.07) is 16.2. The lowest BCUT2D eigenvalue weighted by atomic mass is 10.1. The fourth-order valence-corrected chi connectivity index (χ4v) is 3.32. The first-order valence-corrected chi connectivity index (χ1v) is 7.43. The lowest BCUT2D eigenvalue weighted by Crippen LogP contribution is -1.87. The van der Waals surface area contributed by atoms with E-state index in [0.29, 0.717) is 0 Å². The van der Waals surface area contributed by atoms with Gasteiger partial charge in [0, 0.05) is 17.0 Å². The van der Waals surface area contributed by atoms with Crippen molar-refractivity contribution in [2.75, 3.05) is 0 Å². The van der Waals surface area contributed by atoms with Crippen LogP contribution in [0.4, 0.5) is 5.69 Å². The molecule has 0 radical (unpaired) electrons. The van der Waals surface area contributed by atoms with Crippen molar-refractivity contribution in [1.29, 1.82) is 0 Å². The van der Waals surface area contributed by atoms with Gasteiger partial charge in [-0.15, -0.1) is 11.3 Å². The van der Waals surface area contributed by atoms with Crippen molar-refractivity contribution in [3.8, 4) is 10.4 Å². The van der Waals surface area contributed by atoms with Crippen molar-refractivity contribution in [3.05, 3.63) is 64.7 Å². The van der Waals surface area contributed by atoms with Crippen LogP contribution in [0, 0.1) is 10.1 Å². The molecule has 4 rings (SSSR count). The summed E-state index contributed by atoms with van der Waals surface area (Å²) in [5.41, 5.74) is 3.40. The van der Waals surface area contributed by atoms with Gasteiger partial charge in [0.1, 0.15) is 10.3 Å². The Morgan fingerprint density at radius 1 is 0.909 bits per heavy atom. The van der Waals surface area contributed by atoms with Crippen molar-refractivity contribution in [3.63, 3.8) is 0 Å². The van der Waals surface area contributed by atoms with Gasteiger partial charge < -0.3 is 0 Å². The number of non-ortho nitro benzene ring substituents is 1. The topological polar surface area (TPSA) is 68.9 Å². The summed E-state index contributed by atoms with van der Waals surface area (Å²) in [6.07, 6.45) is 0. The van der Waals surface area contributed by atoms with E-state index in [9.17, 15) is 10.1 Å². The second-order valence-electron chi connectivity index (χ2n) is 4.82. The smallest absolute Gasteiger partial charge is 0.258 e. The first-order chi connectivity index (χ1) is 10.7. The predicted octanol–water partition coefficient (Wildman–Crippen LogP) is 4.42. The zero-order valence-corrected chi connectivity index (χ0v) is 12.1. The van der Waals surface area contributed by atoms with Gasteiger partial charge in [-0.05, 0) is 23.8 Å². The lowest BCUT2D eigenvalue weighted by Gasteiger charge is -1.96. The van der Waals surface area contributed by atoms with Gasteiger partial charge in [-0.2, -0.15) is 0 Å². The number of benzene rings is 2. The summed E-state index contributed by atoms with van der Waals surface area (Å²) >= 11 is 1.49. The molecule has 6 heteroatoms. The third-order valence-corrected chi connectivity index (χ3v) is 4.45. The molecular weight excluding hydrogens is 298 g/mol. The van der Waals surface area contributed by atoms with Crippen molar-refractivity contribution < 1.29 is 4.92 Å². The van der Waals surface area contributed by atoms with E-state index >= 15 is 0 Å². The van der Waals surface area contributed by atoms with Crippen LogP contribution >= 0.6 is 11.3 Å². The van der Waals surface area contributed by atoms with Gasteiger partial charge in [-0.25, -0.2) is 9.97 Å². The molecule has 0 aliphatic carbocycles. The van der Waals surface area contributed by atoms with E-state index in [0.717, 1.165) is 31.8 Å². The van der Waals surface area contributed by atoms with E-state index in [1.54, 1.807) is 12.1 Å². The highest BCUT2D eigenvalue weighted by Crippen LogP contribution is 2.33. The summed E-state index contributed by atoms with van der Waals surface area (Å²) in [6.45, 7) is 0. The standard InChI is InChI=1S/C16H9N3O2S/c20-19(21)11-5-3-4-10(8-11)15-9-14-16(22-15)18-13-7-2-1-6-12(13)17-14/h1-9H. The largest absolute Gasteiger partial charge is 0.270 e. The Labute approximate surface area is 129 Å². The summed E-state index contributed by atoms with van der Waals surface area (Å²) in [7, 11) is 0. The van der Waals surface area contributed by atoms with Crippen LogP contribution in [0.5, 0.6) is 0 Å². The van der Waals surface area contributed by atoms with Gasteiger partial charge in [-0.3, -0.25) is 10.1 Å². The highest BCUT2D eigenvalue weighted by Gasteiger charge is 2.11. The number of rotatable bonds is 2. The van der Waals surface area contributed by atoms with Crippen molar-refractivity contribution in [1.82, 2.24) is 9.97 Å². The predicted molar refractivity (Wildman–Crippen MR) is 87.0 cm³/mol. The number of para-hydroxylation sites is 2. The number of nitro benzene ring substituents is 1. The van der Waals surface area contributed by atoms with Crippen LogP contribution in [-0.4, -0.2) is 14.9 Å². The fourth-order valence-electron chi connectivity index (χ4n) is 2.34. The molecule has 0 N–H and O–H groups in total. The lowest BCUT2D eigenvalue weighted by molar-refractivity contribution is -0.384. The van der Waals surface area contributed by atoms with Crippen molar-refractivity contribution in [2.24, 2.45) is 0 Å². The Kier molecular flexibility index (Phi) is 2.83. The molecule has 2 aromatic carbocycles. The first kappa shape index (κ1) is 12.8. The second-order valence-corrected chi connectivity index (χ2v) is 5.85. The molecule has 4 aromatic rings. The van der Waals surface area contributed by atoms with Crippen molar-refractivity contribution >= 4 is 38.4 Å². The monoisotopic (exact) mass is 307 g/mol. The van der Waals surface area contributed by atoms with Crippen LogP contribution in [-0.2, 0) is 0 Å². The number of nitro groups is 1. The number of thiophene rings is 1. The quantitative estimate of drug-likeness (QED) is 0.406. The minimum Gasteiger partial charge on any atom is -0.258 e. The Balaban J connectivity index is 1.90. The Morgan fingerprint density at radius 2 is 1.68 bits per heavy atom. The molecule has 0 saturated heterocycles. The van der Waals surface area contributed by atoms with Gasteiger partial charge >= 0.3 is 0 Å². The Morgan fingerprint density at radius 3 is 2.45 bits per heavy atom. The van der Waals surface area contributed by atoms with Crippen molar-refractivity contribution in [2.45, 2.75) is 0 Å². The molecule has 2 aromatic heterocycles. The molecule has 22 heavy (non-hydrogen) atoms. The third kappa shape index (κ3) is 2.10. The van der Waals surface area contributed by atoms with Gasteiger partial charge in [-0.1, -0.05) is 24.3 Å². The molecule has 0 spiro atoms. The molecule has 5 nitrogen and oxygen atoms in total. The molecule has 0 fully saturated rings. The summed E-state index contributed by atoms with van der Waals surface area (Å²) < 4.78 is 0. The van der Waals surface area contributed by atoms with Crippen LogP contribution < -0.4 is 0 Å². The van der Waals surface area contributed by atoms with Crippen LogP contribution in [0.25, 0.3) is 31.8 Å². The highest BCUT2D eigenvalue weighted by molar-refractivity contribution is 7.21. The average molecular weight is 307 g/mol. The first-order valence-electron chi connectivity index (χ1n) is 6.62. The van der Waals surface area contributed by atoms with Gasteiger partial charge in [0.05, 0.1) is 16.0 Å². The van der Waals surface area contributed by atoms with E-state index < -0.39 is 0 Å². The maximum absolute atomic E-state index is 10.9. The zero-order chi connectivity index (χ0) is 15.1. The zero-order valence-electron chi connectivity index (χ0n) is 11.3. The number of hydrogen-bond donors (Lipinski definition) is 0. The average Bonchev–Trinajstić information content (AvgIpc) is 2.95. The van der Waals surface area contributed by atoms with Crippen LogP contribution in [0.15, 0.2) is 54.6 Å². The summed E-state index contributed by atoms with van der Waals surface area (Å²) in [4.78, 5) is 21.5. The maximum atomic E-state index is 10.9. The van der Waals surface area contributed by atoms with E-state index in [1.807, 2.05) is 36.4 Å². The summed E-state index contributed by atoms with van der Waals surface area (Å²) in [5.74, 6) is 0. The van der Waals surface area contributed by atoms with Gasteiger partial charge in [0.15, 0.2) is 0 Å². The molecule has 0 aliphatic heterocycles. The Bertz CT molecular complexity index is 974. The third-order valence-electron chi connectivity index (χ3n) is 3.38. The summed E-state index contributed by atoms with van der Waals surface area (Å²) in [5, 5.41) is 10.9. The maximum Gasteiger partial charge on any atom is 0.270 e. The Hall–Kier alpha value is -2.86. The van der Waals surface area contributed by atoms with E-state index in [4.69, 9.17) is 0 Å². The molecule has 106 valence electrons. The molecule has 0 atom stereocenters. The molecule has 0 amide bonds. The van der Waals surface area contributed by atoms with E-state index in [-0.39, 0.29) is 10.6 Å².